The van der Waals surface area contributed by atoms with E-state index in [4.69, 9.17) is 4.74 Å². The molecule has 4 rings (SSSR count). The molecule has 26 heavy (non-hydrogen) atoms. The number of aromatic nitrogens is 4. The quantitative estimate of drug-likeness (QED) is 0.668. The smallest absolute Gasteiger partial charge is 0.137 e. The first-order chi connectivity index (χ1) is 12.7. The number of hydrogen-bond donors (Lipinski definition) is 2. The summed E-state index contributed by atoms with van der Waals surface area (Å²) in [6.45, 7) is 1.72. The van der Waals surface area contributed by atoms with E-state index in [9.17, 15) is 0 Å². The zero-order chi connectivity index (χ0) is 17.9. The number of hydrogen-bond acceptors (Lipinski definition) is 4. The van der Waals surface area contributed by atoms with Crippen molar-refractivity contribution < 1.29 is 4.74 Å². The molecule has 0 amide bonds. The number of fused-ring (bicyclic) bond motifs is 1. The highest BCUT2D eigenvalue weighted by Crippen LogP contribution is 2.35. The molecule has 0 bridgehead atoms. The van der Waals surface area contributed by atoms with E-state index >= 15 is 0 Å². The summed E-state index contributed by atoms with van der Waals surface area (Å²) in [5.74, 6) is 0.601. The van der Waals surface area contributed by atoms with Crippen LogP contribution in [0.2, 0.25) is 0 Å². The molecule has 2 N–H and O–H groups in total. The minimum Gasteiger partial charge on any atom is -0.383 e. The molecular weight excluding hydrogens is 326 g/mol. The van der Waals surface area contributed by atoms with Crippen molar-refractivity contribution in [2.24, 2.45) is 7.05 Å². The van der Waals surface area contributed by atoms with E-state index in [-0.39, 0.29) is 0 Å². The van der Waals surface area contributed by atoms with Gasteiger partial charge in [-0.25, -0.2) is 4.98 Å². The van der Waals surface area contributed by atoms with Crippen LogP contribution in [0.15, 0.2) is 30.9 Å². The van der Waals surface area contributed by atoms with Crippen LogP contribution in [0.5, 0.6) is 0 Å². The molecule has 6 heteroatoms. The fourth-order valence-electron chi connectivity index (χ4n) is 4.04. The molecule has 1 aliphatic carbocycles. The van der Waals surface area contributed by atoms with E-state index in [1.165, 1.54) is 42.2 Å². The Hall–Kier alpha value is -2.18. The molecular formula is C20H27N5O. The first-order valence-corrected chi connectivity index (χ1v) is 9.43. The van der Waals surface area contributed by atoms with Gasteiger partial charge in [0.15, 0.2) is 0 Å². The first kappa shape index (κ1) is 17.2. The predicted octanol–water partition coefficient (Wildman–Crippen LogP) is 3.23. The molecule has 0 spiro atoms. The normalized spacial score (nSPS) is 20.7. The van der Waals surface area contributed by atoms with Crippen LogP contribution in [0.1, 0.15) is 37.2 Å². The van der Waals surface area contributed by atoms with E-state index in [0.29, 0.717) is 12.0 Å². The van der Waals surface area contributed by atoms with Crippen molar-refractivity contribution in [3.05, 3.63) is 36.4 Å². The van der Waals surface area contributed by atoms with Gasteiger partial charge in [0.1, 0.15) is 5.65 Å². The highest BCUT2D eigenvalue weighted by molar-refractivity contribution is 5.93. The Kier molecular flexibility index (Phi) is 5.04. The van der Waals surface area contributed by atoms with Crippen molar-refractivity contribution >= 4 is 11.0 Å². The molecule has 6 nitrogen and oxygen atoms in total. The Morgan fingerprint density at radius 3 is 2.85 bits per heavy atom. The van der Waals surface area contributed by atoms with Crippen LogP contribution in [-0.2, 0) is 11.8 Å². The summed E-state index contributed by atoms with van der Waals surface area (Å²) in [5.41, 5.74) is 4.61. The van der Waals surface area contributed by atoms with Gasteiger partial charge in [0.25, 0.3) is 0 Å². The Balaban J connectivity index is 1.49. The second-order valence-corrected chi connectivity index (χ2v) is 7.27. The molecule has 0 atom stereocenters. The number of rotatable bonds is 6. The molecule has 3 aromatic rings. The van der Waals surface area contributed by atoms with Crippen molar-refractivity contribution in [2.75, 3.05) is 20.3 Å². The average molecular weight is 353 g/mol. The van der Waals surface area contributed by atoms with E-state index < -0.39 is 0 Å². The lowest BCUT2D eigenvalue weighted by Gasteiger charge is -2.29. The summed E-state index contributed by atoms with van der Waals surface area (Å²) in [6.07, 6.45) is 12.9. The third-order valence-corrected chi connectivity index (χ3v) is 5.51. The highest BCUT2D eigenvalue weighted by atomic mass is 16.5. The molecule has 1 fully saturated rings. The third-order valence-electron chi connectivity index (χ3n) is 5.51. The van der Waals surface area contributed by atoms with Gasteiger partial charge in [0, 0.05) is 61.8 Å². The van der Waals surface area contributed by atoms with Crippen LogP contribution >= 0.6 is 0 Å². The van der Waals surface area contributed by atoms with Gasteiger partial charge in [0.05, 0.1) is 12.8 Å². The zero-order valence-corrected chi connectivity index (χ0v) is 15.5. The number of ether oxygens (including phenoxy) is 1. The van der Waals surface area contributed by atoms with E-state index in [1.54, 1.807) is 7.11 Å². The minimum absolute atomic E-state index is 0.601. The number of aryl methyl sites for hydroxylation is 1. The van der Waals surface area contributed by atoms with E-state index in [0.717, 1.165) is 24.4 Å². The van der Waals surface area contributed by atoms with E-state index in [1.807, 2.05) is 30.3 Å². The second-order valence-electron chi connectivity index (χ2n) is 7.27. The van der Waals surface area contributed by atoms with Crippen molar-refractivity contribution in [1.82, 2.24) is 25.1 Å². The molecule has 1 saturated carbocycles. The van der Waals surface area contributed by atoms with Gasteiger partial charge in [-0.3, -0.25) is 4.68 Å². The van der Waals surface area contributed by atoms with Gasteiger partial charge >= 0.3 is 0 Å². The molecule has 3 aromatic heterocycles. The Morgan fingerprint density at radius 1 is 1.27 bits per heavy atom. The molecule has 0 radical (unpaired) electrons. The third kappa shape index (κ3) is 3.52. The Morgan fingerprint density at radius 2 is 2.12 bits per heavy atom. The van der Waals surface area contributed by atoms with Crippen molar-refractivity contribution in [2.45, 2.75) is 37.6 Å². The maximum atomic E-state index is 5.13. The standard InChI is InChI=1S/C20H27N5O/c1-25-13-16(11-24-25)19-12-23-20-18(19)9-15(10-22-20)14-3-5-17(6-4-14)21-7-8-26-2/h9-14,17,21H,3-8H2,1-2H3,(H,22,23)/t14-,17+. The van der Waals surface area contributed by atoms with Gasteiger partial charge in [-0.1, -0.05) is 0 Å². The Bertz CT molecular complexity index is 860. The number of nitrogens with one attached hydrogen (secondary N) is 2. The fraction of sp³-hybridized carbons (Fsp3) is 0.500. The summed E-state index contributed by atoms with van der Waals surface area (Å²) < 4.78 is 6.96. The lowest BCUT2D eigenvalue weighted by molar-refractivity contribution is 0.191. The van der Waals surface area contributed by atoms with Gasteiger partial charge in [0.2, 0.25) is 0 Å². The maximum Gasteiger partial charge on any atom is 0.137 e. The van der Waals surface area contributed by atoms with Crippen LogP contribution in [-0.4, -0.2) is 46.1 Å². The molecule has 0 unspecified atom stereocenters. The molecule has 0 saturated heterocycles. The van der Waals surface area contributed by atoms with Crippen LogP contribution in [0.4, 0.5) is 0 Å². The highest BCUT2D eigenvalue weighted by Gasteiger charge is 2.23. The van der Waals surface area contributed by atoms with Crippen molar-refractivity contribution in [1.29, 1.82) is 0 Å². The van der Waals surface area contributed by atoms with Gasteiger partial charge < -0.3 is 15.0 Å². The second kappa shape index (κ2) is 7.60. The predicted molar refractivity (Wildman–Crippen MR) is 103 cm³/mol. The largest absolute Gasteiger partial charge is 0.383 e. The summed E-state index contributed by atoms with van der Waals surface area (Å²) >= 11 is 0. The molecule has 3 heterocycles. The molecule has 138 valence electrons. The van der Waals surface area contributed by atoms with Crippen molar-refractivity contribution in [3.63, 3.8) is 0 Å². The maximum absolute atomic E-state index is 5.13. The van der Waals surface area contributed by atoms with Gasteiger partial charge in [-0.05, 0) is 43.2 Å². The topological polar surface area (TPSA) is 67.8 Å². The van der Waals surface area contributed by atoms with Crippen molar-refractivity contribution in [3.8, 4) is 11.1 Å². The minimum atomic E-state index is 0.601. The zero-order valence-electron chi connectivity index (χ0n) is 15.5. The first-order valence-electron chi connectivity index (χ1n) is 9.43. The number of nitrogens with zero attached hydrogens (tertiary/aromatic N) is 3. The average Bonchev–Trinajstić information content (AvgIpc) is 3.28. The lowest BCUT2D eigenvalue weighted by atomic mass is 9.82. The number of H-pyrrole nitrogens is 1. The summed E-state index contributed by atoms with van der Waals surface area (Å²) in [4.78, 5) is 7.97. The monoisotopic (exact) mass is 353 g/mol. The van der Waals surface area contributed by atoms with E-state index in [2.05, 4.69) is 32.6 Å². The Labute approximate surface area is 154 Å². The van der Waals surface area contributed by atoms with Crippen LogP contribution in [0.25, 0.3) is 22.2 Å². The molecule has 0 aromatic carbocycles. The molecule has 0 aliphatic heterocycles. The number of aromatic amines is 1. The van der Waals surface area contributed by atoms with Gasteiger partial charge in [-0.15, -0.1) is 0 Å². The number of methoxy groups -OCH3 is 1. The summed E-state index contributed by atoms with van der Waals surface area (Å²) in [6, 6.07) is 2.95. The van der Waals surface area contributed by atoms with Gasteiger partial charge in [-0.2, -0.15) is 5.10 Å². The lowest BCUT2D eigenvalue weighted by Crippen LogP contribution is -2.34. The SMILES string of the molecule is COCCN[C@H]1CC[C@@H](c2cnc3[nH]cc(-c4cnn(C)c4)c3c2)CC1. The van der Waals surface area contributed by atoms with Crippen LogP contribution in [0.3, 0.4) is 0 Å². The number of pyridine rings is 1. The van der Waals surface area contributed by atoms with Crippen LogP contribution in [0, 0.1) is 0 Å². The van der Waals surface area contributed by atoms with Crippen LogP contribution < -0.4 is 5.32 Å². The summed E-state index contributed by atoms with van der Waals surface area (Å²) in [5, 5.41) is 9.09. The summed E-state index contributed by atoms with van der Waals surface area (Å²) in [7, 11) is 3.70. The fourth-order valence-corrected chi connectivity index (χ4v) is 4.04. The molecule has 1 aliphatic rings.